The highest BCUT2D eigenvalue weighted by Crippen LogP contribution is 2.15. The molecule has 0 aliphatic rings. The average Bonchev–Trinajstić information content (AvgIpc) is 2.55. The van der Waals surface area contributed by atoms with Gasteiger partial charge in [0.05, 0.1) is 17.7 Å². The van der Waals surface area contributed by atoms with E-state index in [1.54, 1.807) is 36.4 Å². The molecule has 0 aromatic heterocycles. The van der Waals surface area contributed by atoms with Gasteiger partial charge < -0.3 is 10.2 Å². The number of nitrogens with one attached hydrogen (secondary N) is 1. The Morgan fingerprint density at radius 1 is 0.957 bits per heavy atom. The highest BCUT2D eigenvalue weighted by molar-refractivity contribution is 6.03. The van der Waals surface area contributed by atoms with Crippen molar-refractivity contribution in [3.05, 3.63) is 65.7 Å². The predicted octanol–water partition coefficient (Wildman–Crippen LogP) is 2.39. The van der Waals surface area contributed by atoms with Crippen LogP contribution in [-0.4, -0.2) is 27.8 Å². The number of aromatic hydroxyl groups is 1. The molecule has 0 heterocycles. The van der Waals surface area contributed by atoms with E-state index in [1.165, 1.54) is 12.1 Å². The first-order chi connectivity index (χ1) is 11.1. The van der Waals surface area contributed by atoms with E-state index in [9.17, 15) is 14.7 Å². The number of phenolic OH excluding ortho intramolecular Hbond substituents is 1. The van der Waals surface area contributed by atoms with Gasteiger partial charge in [-0.15, -0.1) is 0 Å². The minimum absolute atomic E-state index is 0.0970. The van der Waals surface area contributed by atoms with Gasteiger partial charge in [-0.2, -0.15) is 5.10 Å². The molecular weight excluding hydrogens is 296 g/mol. The highest BCUT2D eigenvalue weighted by Gasteiger charge is 2.11. The van der Waals surface area contributed by atoms with Crippen molar-refractivity contribution < 1.29 is 19.8 Å². The number of aliphatic carboxylic acids is 1. The molecule has 6 nitrogen and oxygen atoms in total. The van der Waals surface area contributed by atoms with Crippen molar-refractivity contribution in [3.8, 4) is 5.75 Å². The summed E-state index contributed by atoms with van der Waals surface area (Å²) in [7, 11) is 0. The zero-order chi connectivity index (χ0) is 16.7. The van der Waals surface area contributed by atoms with Gasteiger partial charge in [0.2, 0.25) is 0 Å². The molecule has 6 heteroatoms. The van der Waals surface area contributed by atoms with Gasteiger partial charge in [-0.1, -0.05) is 42.5 Å². The number of amides is 1. The van der Waals surface area contributed by atoms with Gasteiger partial charge in [-0.3, -0.25) is 9.59 Å². The lowest BCUT2D eigenvalue weighted by molar-refractivity contribution is -0.136. The number of para-hydroxylation sites is 1. The van der Waals surface area contributed by atoms with Crippen LogP contribution in [0.25, 0.3) is 0 Å². The van der Waals surface area contributed by atoms with Crippen LogP contribution in [0.15, 0.2) is 59.7 Å². The van der Waals surface area contributed by atoms with Crippen LogP contribution in [0.4, 0.5) is 0 Å². The quantitative estimate of drug-likeness (QED) is 0.563. The van der Waals surface area contributed by atoms with Gasteiger partial charge in [-0.05, 0) is 17.7 Å². The molecule has 2 rings (SSSR count). The molecule has 0 radical (unpaired) electrons. The van der Waals surface area contributed by atoms with Crippen molar-refractivity contribution in [2.24, 2.45) is 5.10 Å². The van der Waals surface area contributed by atoms with Gasteiger partial charge in [0, 0.05) is 6.42 Å². The van der Waals surface area contributed by atoms with E-state index in [2.05, 4.69) is 10.5 Å². The molecule has 0 atom stereocenters. The number of phenols is 1. The van der Waals surface area contributed by atoms with E-state index in [1.807, 2.05) is 6.07 Å². The van der Waals surface area contributed by atoms with Crippen molar-refractivity contribution >= 4 is 17.6 Å². The Morgan fingerprint density at radius 3 is 2.26 bits per heavy atom. The Kier molecular flexibility index (Phi) is 5.46. The molecule has 2 aromatic rings. The first kappa shape index (κ1) is 16.2. The topological polar surface area (TPSA) is 99.0 Å². The maximum absolute atomic E-state index is 12.0. The summed E-state index contributed by atoms with van der Waals surface area (Å²) in [5.74, 6) is -1.65. The molecule has 2 aromatic carbocycles. The molecule has 0 aliphatic carbocycles. The molecule has 0 fully saturated rings. The van der Waals surface area contributed by atoms with Crippen molar-refractivity contribution in [1.29, 1.82) is 0 Å². The fraction of sp³-hybridized carbons (Fsp3) is 0.118. The Balaban J connectivity index is 2.18. The Hall–Kier alpha value is -3.15. The molecule has 0 saturated carbocycles. The number of hydrogen-bond acceptors (Lipinski definition) is 4. The standard InChI is InChI=1S/C17H16N2O4/c20-15-9-5-4-8-13(15)17(23)19-18-14(10-11-16(21)22)12-6-2-1-3-7-12/h1-9,20H,10-11H2,(H,19,23)(H,21,22)/b18-14-. The molecule has 3 N–H and O–H groups in total. The molecule has 0 bridgehead atoms. The molecule has 0 saturated heterocycles. The number of carboxylic acid groups (broad SMARTS) is 1. The van der Waals surface area contributed by atoms with Crippen molar-refractivity contribution in [3.63, 3.8) is 0 Å². The molecule has 0 spiro atoms. The lowest BCUT2D eigenvalue weighted by atomic mass is 10.1. The van der Waals surface area contributed by atoms with E-state index < -0.39 is 11.9 Å². The maximum Gasteiger partial charge on any atom is 0.303 e. The summed E-state index contributed by atoms with van der Waals surface area (Å²) in [4.78, 5) is 22.8. The number of benzene rings is 2. The van der Waals surface area contributed by atoms with Crippen LogP contribution < -0.4 is 5.43 Å². The van der Waals surface area contributed by atoms with Gasteiger partial charge in [0.15, 0.2) is 0 Å². The van der Waals surface area contributed by atoms with Crippen molar-refractivity contribution in [2.75, 3.05) is 0 Å². The fourth-order valence-electron chi connectivity index (χ4n) is 1.96. The highest BCUT2D eigenvalue weighted by atomic mass is 16.4. The van der Waals surface area contributed by atoms with Crippen molar-refractivity contribution in [1.82, 2.24) is 5.43 Å². The largest absolute Gasteiger partial charge is 0.507 e. The monoisotopic (exact) mass is 312 g/mol. The Morgan fingerprint density at radius 2 is 1.61 bits per heavy atom. The lowest BCUT2D eigenvalue weighted by Gasteiger charge is -2.07. The van der Waals surface area contributed by atoms with Crippen LogP contribution in [0.3, 0.4) is 0 Å². The van der Waals surface area contributed by atoms with Crippen molar-refractivity contribution in [2.45, 2.75) is 12.8 Å². The second kappa shape index (κ2) is 7.74. The fourth-order valence-corrected chi connectivity index (χ4v) is 1.96. The van der Waals surface area contributed by atoms with E-state index >= 15 is 0 Å². The zero-order valence-electron chi connectivity index (χ0n) is 12.3. The Labute approximate surface area is 133 Å². The van der Waals surface area contributed by atoms with Crippen LogP contribution >= 0.6 is 0 Å². The van der Waals surface area contributed by atoms with Crippen LogP contribution in [0, 0.1) is 0 Å². The normalized spacial score (nSPS) is 11.0. The SMILES string of the molecule is O=C(O)CC/C(=N/NC(=O)c1ccccc1O)c1ccccc1. The third-order valence-electron chi connectivity index (χ3n) is 3.12. The van der Waals surface area contributed by atoms with E-state index in [4.69, 9.17) is 5.11 Å². The third-order valence-corrected chi connectivity index (χ3v) is 3.12. The molecule has 0 unspecified atom stereocenters. The average molecular weight is 312 g/mol. The number of rotatable bonds is 6. The molecule has 118 valence electrons. The van der Waals surface area contributed by atoms with E-state index in [0.29, 0.717) is 5.71 Å². The second-order valence-electron chi connectivity index (χ2n) is 4.78. The van der Waals surface area contributed by atoms with E-state index in [0.717, 1.165) is 5.56 Å². The van der Waals surface area contributed by atoms with Crippen LogP contribution in [0.2, 0.25) is 0 Å². The minimum Gasteiger partial charge on any atom is -0.507 e. The first-order valence-electron chi connectivity index (χ1n) is 7.00. The zero-order valence-corrected chi connectivity index (χ0v) is 12.3. The van der Waals surface area contributed by atoms with E-state index in [-0.39, 0.29) is 24.2 Å². The predicted molar refractivity (Wildman–Crippen MR) is 85.4 cm³/mol. The number of carbonyl (C=O) groups is 2. The number of hydrogen-bond donors (Lipinski definition) is 3. The summed E-state index contributed by atoms with van der Waals surface area (Å²) >= 11 is 0. The molecular formula is C17H16N2O4. The van der Waals surface area contributed by atoms with Crippen LogP contribution in [-0.2, 0) is 4.79 Å². The lowest BCUT2D eigenvalue weighted by Crippen LogP contribution is -2.20. The summed E-state index contributed by atoms with van der Waals surface area (Å²) in [6, 6.07) is 15.1. The van der Waals surface area contributed by atoms with Gasteiger partial charge in [0.25, 0.3) is 5.91 Å². The summed E-state index contributed by atoms with van der Waals surface area (Å²) in [5.41, 5.74) is 3.64. The second-order valence-corrected chi connectivity index (χ2v) is 4.78. The third kappa shape index (κ3) is 4.67. The van der Waals surface area contributed by atoms with Crippen LogP contribution in [0.5, 0.6) is 5.75 Å². The molecule has 0 aliphatic heterocycles. The summed E-state index contributed by atoms with van der Waals surface area (Å²) in [6.45, 7) is 0. The van der Waals surface area contributed by atoms with Crippen LogP contribution in [0.1, 0.15) is 28.8 Å². The van der Waals surface area contributed by atoms with Gasteiger partial charge >= 0.3 is 5.97 Å². The van der Waals surface area contributed by atoms with Gasteiger partial charge in [-0.25, -0.2) is 5.43 Å². The number of carbonyl (C=O) groups excluding carboxylic acids is 1. The van der Waals surface area contributed by atoms with Gasteiger partial charge in [0.1, 0.15) is 5.75 Å². The number of carboxylic acids is 1. The molecule has 1 amide bonds. The first-order valence-corrected chi connectivity index (χ1v) is 7.00. The number of nitrogens with zero attached hydrogens (tertiary/aromatic N) is 1. The Bertz CT molecular complexity index is 726. The summed E-state index contributed by atoms with van der Waals surface area (Å²) in [6.07, 6.45) is 0.0839. The number of hydrazone groups is 1. The summed E-state index contributed by atoms with van der Waals surface area (Å²) < 4.78 is 0. The minimum atomic E-state index is -0.944. The summed E-state index contributed by atoms with van der Waals surface area (Å²) in [5, 5.41) is 22.5. The maximum atomic E-state index is 12.0. The smallest absolute Gasteiger partial charge is 0.303 e. The molecule has 23 heavy (non-hydrogen) atoms.